The van der Waals surface area contributed by atoms with E-state index in [1.807, 2.05) is 63.2 Å². The molecule has 3 heterocycles. The fraction of sp³-hybridized carbons (Fsp3) is 0.379. The SMILES string of the molecule is CC(C)(C)OC(=O)n1c(-c2ccc3c(c2)CCN/C3=C\C(=N/O)OCC2COCCO2)cc2ccccc21. The zero-order valence-electron chi connectivity index (χ0n) is 21.9. The molecule has 2 aliphatic rings. The quantitative estimate of drug-likeness (QED) is 0.221. The Morgan fingerprint density at radius 3 is 2.82 bits per heavy atom. The molecule has 0 bridgehead atoms. The molecule has 1 aromatic heterocycles. The van der Waals surface area contributed by atoms with Crippen molar-refractivity contribution in [2.24, 2.45) is 5.16 Å². The predicted molar refractivity (Wildman–Crippen MR) is 144 cm³/mol. The van der Waals surface area contributed by atoms with E-state index < -0.39 is 11.7 Å². The lowest BCUT2D eigenvalue weighted by Gasteiger charge is -2.24. The normalized spacial score (nSPS) is 19.2. The summed E-state index contributed by atoms with van der Waals surface area (Å²) in [5, 5.41) is 17.2. The summed E-state index contributed by atoms with van der Waals surface area (Å²) < 4.78 is 24.0. The van der Waals surface area contributed by atoms with E-state index in [0.717, 1.165) is 45.4 Å². The smallest absolute Gasteiger partial charge is 0.419 e. The molecule has 0 radical (unpaired) electrons. The van der Waals surface area contributed by atoms with Crippen molar-refractivity contribution in [1.29, 1.82) is 0 Å². The standard InChI is InChI=1S/C29H33N3O6/c1-29(2,3)38-28(33)32-25-7-5-4-6-20(25)15-26(32)21-8-9-23-19(14-21)10-11-30-24(23)16-27(31-34)37-18-22-17-35-12-13-36-22/h4-9,14-16,22,30,34H,10-13,17-18H2,1-3H3/b24-16-,31-27+. The number of hydrogen-bond acceptors (Lipinski definition) is 8. The maximum absolute atomic E-state index is 13.3. The molecule has 38 heavy (non-hydrogen) atoms. The maximum atomic E-state index is 13.3. The monoisotopic (exact) mass is 519 g/mol. The molecule has 9 nitrogen and oxygen atoms in total. The van der Waals surface area contributed by atoms with Gasteiger partial charge in [0.05, 0.1) is 31.0 Å². The van der Waals surface area contributed by atoms with Gasteiger partial charge in [0.1, 0.15) is 18.3 Å². The van der Waals surface area contributed by atoms with Gasteiger partial charge in [-0.1, -0.05) is 30.3 Å². The van der Waals surface area contributed by atoms with Crippen LogP contribution in [-0.2, 0) is 25.4 Å². The second-order valence-corrected chi connectivity index (χ2v) is 10.3. The highest BCUT2D eigenvalue weighted by atomic mass is 16.6. The van der Waals surface area contributed by atoms with Gasteiger partial charge in [-0.05, 0) is 61.7 Å². The molecular weight excluding hydrogens is 486 g/mol. The van der Waals surface area contributed by atoms with Gasteiger partial charge >= 0.3 is 6.09 Å². The Morgan fingerprint density at radius 2 is 2.05 bits per heavy atom. The summed E-state index contributed by atoms with van der Waals surface area (Å²) in [7, 11) is 0. The number of ether oxygens (including phenoxy) is 4. The van der Waals surface area contributed by atoms with Crippen LogP contribution < -0.4 is 5.32 Å². The number of fused-ring (bicyclic) bond motifs is 2. The third kappa shape index (κ3) is 5.69. The minimum atomic E-state index is -0.620. The van der Waals surface area contributed by atoms with Crippen molar-refractivity contribution in [3.8, 4) is 11.3 Å². The van der Waals surface area contributed by atoms with Gasteiger partial charge in [0.25, 0.3) is 5.90 Å². The zero-order chi connectivity index (χ0) is 26.7. The van der Waals surface area contributed by atoms with E-state index in [1.165, 1.54) is 0 Å². The van der Waals surface area contributed by atoms with E-state index in [2.05, 4.69) is 16.5 Å². The van der Waals surface area contributed by atoms with E-state index in [-0.39, 0.29) is 18.6 Å². The molecule has 0 saturated carbocycles. The molecule has 3 aromatic rings. The van der Waals surface area contributed by atoms with Crippen LogP contribution >= 0.6 is 0 Å². The summed E-state index contributed by atoms with van der Waals surface area (Å²) in [4.78, 5) is 13.3. The third-order valence-corrected chi connectivity index (χ3v) is 6.36. The van der Waals surface area contributed by atoms with Crippen LogP contribution in [0.15, 0.2) is 59.8 Å². The fourth-order valence-corrected chi connectivity index (χ4v) is 4.68. The minimum Gasteiger partial charge on any atom is -0.473 e. The minimum absolute atomic E-state index is 0.0867. The van der Waals surface area contributed by atoms with Crippen LogP contribution in [0.2, 0.25) is 0 Å². The maximum Gasteiger partial charge on any atom is 0.419 e. The molecule has 2 N–H and O–H groups in total. The van der Waals surface area contributed by atoms with E-state index in [9.17, 15) is 10.0 Å². The van der Waals surface area contributed by atoms with Crippen LogP contribution in [0.1, 0.15) is 31.9 Å². The summed E-state index contributed by atoms with van der Waals surface area (Å²) in [6.07, 6.45) is 1.86. The zero-order valence-corrected chi connectivity index (χ0v) is 21.9. The summed E-state index contributed by atoms with van der Waals surface area (Å²) in [5.74, 6) is 0.0867. The number of nitrogens with one attached hydrogen (secondary N) is 1. The Bertz CT molecular complexity index is 1380. The largest absolute Gasteiger partial charge is 0.473 e. The van der Waals surface area contributed by atoms with Crippen molar-refractivity contribution in [1.82, 2.24) is 9.88 Å². The van der Waals surface area contributed by atoms with Gasteiger partial charge in [0.15, 0.2) is 0 Å². The topological polar surface area (TPSA) is 104 Å². The Labute approximate surface area is 221 Å². The first-order valence-electron chi connectivity index (χ1n) is 12.8. The summed E-state index contributed by atoms with van der Waals surface area (Å²) >= 11 is 0. The number of carbonyl (C=O) groups excluding carboxylic acids is 1. The van der Waals surface area contributed by atoms with Gasteiger partial charge < -0.3 is 29.5 Å². The first-order chi connectivity index (χ1) is 18.3. The van der Waals surface area contributed by atoms with Crippen molar-refractivity contribution in [3.63, 3.8) is 0 Å². The average molecular weight is 520 g/mol. The molecule has 2 aliphatic heterocycles. The van der Waals surface area contributed by atoms with Gasteiger partial charge in [-0.3, -0.25) is 0 Å². The first-order valence-corrected chi connectivity index (χ1v) is 12.8. The van der Waals surface area contributed by atoms with Crippen molar-refractivity contribution in [3.05, 3.63) is 65.7 Å². The highest BCUT2D eigenvalue weighted by molar-refractivity contribution is 5.97. The molecule has 0 spiro atoms. The molecule has 1 fully saturated rings. The Morgan fingerprint density at radius 1 is 1.21 bits per heavy atom. The van der Waals surface area contributed by atoms with E-state index in [4.69, 9.17) is 18.9 Å². The number of benzene rings is 2. The van der Waals surface area contributed by atoms with E-state index in [0.29, 0.717) is 26.4 Å². The Balaban J connectivity index is 1.45. The van der Waals surface area contributed by atoms with Crippen molar-refractivity contribution < 1.29 is 28.9 Å². The number of aromatic nitrogens is 1. The third-order valence-electron chi connectivity index (χ3n) is 6.36. The molecule has 1 saturated heterocycles. The number of para-hydroxylation sites is 1. The van der Waals surface area contributed by atoms with Crippen molar-refractivity contribution in [2.75, 3.05) is 33.0 Å². The van der Waals surface area contributed by atoms with E-state index >= 15 is 0 Å². The van der Waals surface area contributed by atoms with Gasteiger partial charge in [-0.25, -0.2) is 9.36 Å². The lowest BCUT2D eigenvalue weighted by molar-refractivity contribution is -0.103. The van der Waals surface area contributed by atoms with Gasteiger partial charge in [-0.15, -0.1) is 0 Å². The number of hydrogen-bond donors (Lipinski definition) is 2. The van der Waals surface area contributed by atoms with Crippen molar-refractivity contribution in [2.45, 2.75) is 38.9 Å². The van der Waals surface area contributed by atoms with E-state index in [1.54, 1.807) is 10.6 Å². The molecule has 1 atom stereocenters. The number of nitrogens with zero attached hydrogens (tertiary/aromatic N) is 2. The molecule has 1 unspecified atom stereocenters. The molecule has 9 heteroatoms. The molecule has 5 rings (SSSR count). The average Bonchev–Trinajstić information content (AvgIpc) is 3.30. The van der Waals surface area contributed by atoms with Crippen LogP contribution in [0.25, 0.3) is 27.9 Å². The molecule has 0 amide bonds. The van der Waals surface area contributed by atoms with Crippen LogP contribution in [-0.4, -0.2) is 66.4 Å². The Kier molecular flexibility index (Phi) is 7.40. The first kappa shape index (κ1) is 25.8. The summed E-state index contributed by atoms with van der Waals surface area (Å²) in [6, 6.07) is 15.9. The second kappa shape index (κ2) is 10.9. The van der Waals surface area contributed by atoms with Crippen LogP contribution in [0.4, 0.5) is 4.79 Å². The Hall–Kier alpha value is -3.82. The highest BCUT2D eigenvalue weighted by Gasteiger charge is 2.24. The lowest BCUT2D eigenvalue weighted by Crippen LogP contribution is -2.33. The van der Waals surface area contributed by atoms with Crippen LogP contribution in [0.3, 0.4) is 0 Å². The van der Waals surface area contributed by atoms with Gasteiger partial charge in [0.2, 0.25) is 0 Å². The molecular formula is C29H33N3O6. The summed E-state index contributed by atoms with van der Waals surface area (Å²) in [5.41, 5.74) is 4.73. The molecule has 2 aromatic carbocycles. The summed E-state index contributed by atoms with van der Waals surface area (Å²) in [6.45, 7) is 8.05. The number of oxime groups is 1. The van der Waals surface area contributed by atoms with Gasteiger partial charge in [0, 0.05) is 29.3 Å². The lowest BCUT2D eigenvalue weighted by atomic mass is 9.94. The number of rotatable bonds is 4. The van der Waals surface area contributed by atoms with Crippen LogP contribution in [0, 0.1) is 0 Å². The number of carbonyl (C=O) groups is 1. The predicted octanol–water partition coefficient (Wildman–Crippen LogP) is 4.80. The van der Waals surface area contributed by atoms with Gasteiger partial charge in [-0.2, -0.15) is 0 Å². The molecule has 200 valence electrons. The second-order valence-electron chi connectivity index (χ2n) is 10.3. The van der Waals surface area contributed by atoms with Crippen LogP contribution in [0.5, 0.6) is 0 Å². The highest BCUT2D eigenvalue weighted by Crippen LogP contribution is 2.33. The van der Waals surface area contributed by atoms with Crippen molar-refractivity contribution >= 4 is 28.6 Å². The fourth-order valence-electron chi connectivity index (χ4n) is 4.68. The molecule has 0 aliphatic carbocycles.